The van der Waals surface area contributed by atoms with Crippen LogP contribution >= 0.6 is 11.8 Å². The zero-order chi connectivity index (χ0) is 13.8. The highest BCUT2D eigenvalue weighted by atomic mass is 32.2. The van der Waals surface area contributed by atoms with Gasteiger partial charge in [-0.15, -0.1) is 5.10 Å². The van der Waals surface area contributed by atoms with Crippen molar-refractivity contribution in [2.45, 2.75) is 10.9 Å². The Hall–Kier alpha value is -2.13. The lowest BCUT2D eigenvalue weighted by molar-refractivity contribution is 0.0953. The molecule has 0 aliphatic rings. The third-order valence-electron chi connectivity index (χ3n) is 2.41. The first-order chi connectivity index (χ1) is 9.11. The molecule has 0 atom stereocenters. The van der Waals surface area contributed by atoms with Crippen molar-refractivity contribution in [1.82, 2.24) is 25.2 Å². The van der Waals surface area contributed by atoms with Gasteiger partial charge in [-0.2, -0.15) is 0 Å². The number of hydrogen-bond acceptors (Lipinski definition) is 6. The van der Waals surface area contributed by atoms with Crippen LogP contribution in [0, 0.1) is 0 Å². The van der Waals surface area contributed by atoms with E-state index in [1.807, 2.05) is 5.43 Å². The van der Waals surface area contributed by atoms with Gasteiger partial charge >= 0.3 is 5.69 Å². The number of carbonyl (C=O) groups excluding carboxylic acids is 1. The highest BCUT2D eigenvalue weighted by molar-refractivity contribution is 7.98. The second kappa shape index (κ2) is 5.67. The summed E-state index contributed by atoms with van der Waals surface area (Å²) in [6.07, 6.45) is 1.45. The number of pyridine rings is 1. The largest absolute Gasteiger partial charge is 0.343 e. The van der Waals surface area contributed by atoms with E-state index >= 15 is 0 Å². The Kier molecular flexibility index (Phi) is 3.97. The molecule has 0 aromatic carbocycles. The first-order valence-electron chi connectivity index (χ1n) is 5.32. The number of nitrogen functional groups attached to an aromatic ring is 1. The minimum atomic E-state index is -0.388. The van der Waals surface area contributed by atoms with Crippen molar-refractivity contribution in [3.63, 3.8) is 0 Å². The third-order valence-corrected chi connectivity index (χ3v) is 3.47. The Morgan fingerprint density at radius 3 is 2.89 bits per heavy atom. The molecule has 4 N–H and O–H groups in total. The predicted octanol–water partition coefficient (Wildman–Crippen LogP) is -0.601. The second-order valence-electron chi connectivity index (χ2n) is 3.67. The van der Waals surface area contributed by atoms with Crippen molar-refractivity contribution in [2.75, 3.05) is 0 Å². The fourth-order valence-corrected chi connectivity index (χ4v) is 2.16. The van der Waals surface area contributed by atoms with Crippen LogP contribution in [0.2, 0.25) is 0 Å². The normalized spacial score (nSPS) is 10.4. The molecule has 2 rings (SSSR count). The maximum absolute atomic E-state index is 11.2. The Morgan fingerprint density at radius 2 is 2.37 bits per heavy atom. The van der Waals surface area contributed by atoms with Gasteiger partial charge in [-0.1, -0.05) is 11.8 Å². The molecular weight excluding hydrogens is 268 g/mol. The molecule has 2 aromatic heterocycles. The Bertz CT molecular complexity index is 632. The Morgan fingerprint density at radius 1 is 1.58 bits per heavy atom. The van der Waals surface area contributed by atoms with Gasteiger partial charge in [0.05, 0.1) is 11.3 Å². The number of H-pyrrole nitrogens is 1. The first kappa shape index (κ1) is 13.3. The number of hydrazine groups is 1. The monoisotopic (exact) mass is 280 g/mol. The minimum absolute atomic E-state index is 0.259. The van der Waals surface area contributed by atoms with Gasteiger partial charge in [0.1, 0.15) is 0 Å². The summed E-state index contributed by atoms with van der Waals surface area (Å²) in [6.45, 7) is 0. The van der Waals surface area contributed by atoms with E-state index in [4.69, 9.17) is 5.84 Å². The predicted molar refractivity (Wildman–Crippen MR) is 69.3 cm³/mol. The summed E-state index contributed by atoms with van der Waals surface area (Å²) in [4.78, 5) is 26.5. The van der Waals surface area contributed by atoms with Gasteiger partial charge in [0.15, 0.2) is 5.16 Å². The summed E-state index contributed by atoms with van der Waals surface area (Å²) < 4.78 is 1.42. The highest BCUT2D eigenvalue weighted by Crippen LogP contribution is 2.17. The van der Waals surface area contributed by atoms with E-state index < -0.39 is 0 Å². The van der Waals surface area contributed by atoms with E-state index in [2.05, 4.69) is 15.2 Å². The molecule has 19 heavy (non-hydrogen) atoms. The summed E-state index contributed by atoms with van der Waals surface area (Å²) in [5, 5.41) is 6.80. The van der Waals surface area contributed by atoms with Crippen LogP contribution in [0.4, 0.5) is 0 Å². The Balaban J connectivity index is 2.02. The van der Waals surface area contributed by atoms with Crippen LogP contribution in [-0.2, 0) is 12.8 Å². The maximum Gasteiger partial charge on any atom is 0.343 e. The van der Waals surface area contributed by atoms with E-state index in [-0.39, 0.29) is 11.6 Å². The fourth-order valence-electron chi connectivity index (χ4n) is 1.33. The van der Waals surface area contributed by atoms with Gasteiger partial charge in [-0.05, 0) is 12.1 Å². The molecule has 0 aliphatic heterocycles. The van der Waals surface area contributed by atoms with Crippen LogP contribution in [0.5, 0.6) is 0 Å². The number of nitrogens with two attached hydrogens (primary N) is 1. The molecule has 0 aliphatic carbocycles. The molecule has 0 fully saturated rings. The van der Waals surface area contributed by atoms with Gasteiger partial charge in [-0.25, -0.2) is 15.7 Å². The van der Waals surface area contributed by atoms with Crippen LogP contribution in [0.15, 0.2) is 28.3 Å². The SMILES string of the molecule is Cn1c(SCc2ccc(C(=O)NN)cn2)n[nH]c1=O. The van der Waals surface area contributed by atoms with E-state index in [0.29, 0.717) is 16.5 Å². The zero-order valence-corrected chi connectivity index (χ0v) is 10.9. The quantitative estimate of drug-likeness (QED) is 0.298. The standard InChI is InChI=1S/C10H12N6O2S/c1-16-9(18)14-15-10(16)19-5-7-3-2-6(4-12-7)8(17)13-11/h2-4H,5,11H2,1H3,(H,13,17)(H,14,18). The lowest BCUT2D eigenvalue weighted by Crippen LogP contribution is -2.30. The molecule has 0 bridgehead atoms. The average molecular weight is 280 g/mol. The molecular formula is C10H12N6O2S. The molecule has 0 radical (unpaired) electrons. The number of rotatable bonds is 4. The molecule has 0 saturated carbocycles. The van der Waals surface area contributed by atoms with Crippen LogP contribution < -0.4 is 17.0 Å². The van der Waals surface area contributed by atoms with E-state index in [1.54, 1.807) is 19.2 Å². The van der Waals surface area contributed by atoms with Crippen LogP contribution in [0.1, 0.15) is 16.1 Å². The Labute approximate surface area is 112 Å². The average Bonchev–Trinajstić information content (AvgIpc) is 2.76. The van der Waals surface area contributed by atoms with Crippen molar-refractivity contribution in [1.29, 1.82) is 0 Å². The maximum atomic E-state index is 11.2. The number of thioether (sulfide) groups is 1. The van der Waals surface area contributed by atoms with Crippen molar-refractivity contribution in [3.8, 4) is 0 Å². The number of aromatic amines is 1. The van der Waals surface area contributed by atoms with E-state index in [9.17, 15) is 9.59 Å². The van der Waals surface area contributed by atoms with Crippen molar-refractivity contribution < 1.29 is 4.79 Å². The summed E-state index contributed by atoms with van der Waals surface area (Å²) in [5.74, 6) is 5.18. The molecule has 9 heteroatoms. The number of hydrogen-bond donors (Lipinski definition) is 3. The molecule has 0 spiro atoms. The van der Waals surface area contributed by atoms with Crippen molar-refractivity contribution in [2.24, 2.45) is 12.9 Å². The number of amides is 1. The summed E-state index contributed by atoms with van der Waals surface area (Å²) >= 11 is 1.37. The van der Waals surface area contributed by atoms with Gasteiger partial charge in [0, 0.05) is 19.0 Å². The molecule has 0 unspecified atom stereocenters. The number of nitrogens with zero attached hydrogens (tertiary/aromatic N) is 3. The lowest BCUT2D eigenvalue weighted by Gasteiger charge is -2.02. The molecule has 2 aromatic rings. The smallest absolute Gasteiger partial charge is 0.290 e. The summed E-state index contributed by atoms with van der Waals surface area (Å²) in [6, 6.07) is 3.36. The van der Waals surface area contributed by atoms with Gasteiger partial charge in [0.25, 0.3) is 5.91 Å². The van der Waals surface area contributed by atoms with Crippen LogP contribution in [0.3, 0.4) is 0 Å². The number of nitrogens with one attached hydrogen (secondary N) is 2. The number of carbonyl (C=O) groups is 1. The van der Waals surface area contributed by atoms with Crippen molar-refractivity contribution in [3.05, 3.63) is 40.1 Å². The molecule has 2 heterocycles. The number of aromatic nitrogens is 4. The van der Waals surface area contributed by atoms with Gasteiger partial charge < -0.3 is 0 Å². The fraction of sp³-hybridized carbons (Fsp3) is 0.200. The highest BCUT2D eigenvalue weighted by Gasteiger charge is 2.07. The van der Waals surface area contributed by atoms with E-state index in [1.165, 1.54) is 22.5 Å². The molecule has 100 valence electrons. The molecule has 8 nitrogen and oxygen atoms in total. The summed E-state index contributed by atoms with van der Waals surface area (Å²) in [5.41, 5.74) is 2.94. The van der Waals surface area contributed by atoms with Crippen LogP contribution in [-0.4, -0.2) is 25.7 Å². The van der Waals surface area contributed by atoms with Gasteiger partial charge in [0.2, 0.25) is 0 Å². The minimum Gasteiger partial charge on any atom is -0.290 e. The van der Waals surface area contributed by atoms with Crippen molar-refractivity contribution >= 4 is 17.7 Å². The molecule has 1 amide bonds. The first-order valence-corrected chi connectivity index (χ1v) is 6.30. The van der Waals surface area contributed by atoms with E-state index in [0.717, 1.165) is 5.69 Å². The summed E-state index contributed by atoms with van der Waals surface area (Å²) in [7, 11) is 1.64. The zero-order valence-electron chi connectivity index (χ0n) is 10.1. The van der Waals surface area contributed by atoms with Crippen LogP contribution in [0.25, 0.3) is 0 Å². The lowest BCUT2D eigenvalue weighted by atomic mass is 10.2. The topological polar surface area (TPSA) is 119 Å². The molecule has 0 saturated heterocycles. The third kappa shape index (κ3) is 3.01. The second-order valence-corrected chi connectivity index (χ2v) is 4.61. The van der Waals surface area contributed by atoms with Gasteiger partial charge in [-0.3, -0.25) is 19.8 Å².